The van der Waals surface area contributed by atoms with Crippen molar-refractivity contribution in [2.75, 3.05) is 18.0 Å². The molecule has 0 aliphatic carbocycles. The van der Waals surface area contributed by atoms with E-state index < -0.39 is 10.0 Å². The van der Waals surface area contributed by atoms with E-state index in [0.29, 0.717) is 11.4 Å². The molecular weight excluding hydrogens is 330 g/mol. The predicted molar refractivity (Wildman–Crippen MR) is 93.5 cm³/mol. The minimum absolute atomic E-state index is 0.172. The Morgan fingerprint density at radius 1 is 1.35 bits per heavy atom. The third-order valence-electron chi connectivity index (χ3n) is 4.19. The highest BCUT2D eigenvalue weighted by atomic mass is 32.2. The van der Waals surface area contributed by atoms with Crippen LogP contribution in [0.4, 0.5) is 5.13 Å². The van der Waals surface area contributed by atoms with Crippen LogP contribution in [0.15, 0.2) is 40.7 Å². The molecule has 2 heterocycles. The van der Waals surface area contributed by atoms with E-state index in [9.17, 15) is 8.42 Å². The Bertz CT molecular complexity index is 727. The number of rotatable bonds is 6. The first kappa shape index (κ1) is 16.4. The predicted octanol–water partition coefficient (Wildman–Crippen LogP) is 2.65. The summed E-state index contributed by atoms with van der Waals surface area (Å²) in [6.45, 7) is 3.40. The van der Waals surface area contributed by atoms with Gasteiger partial charge in [0.25, 0.3) is 0 Å². The summed E-state index contributed by atoms with van der Waals surface area (Å²) < 4.78 is 27.6. The second kappa shape index (κ2) is 6.98. The van der Waals surface area contributed by atoms with Gasteiger partial charge < -0.3 is 4.90 Å². The van der Waals surface area contributed by atoms with Crippen LogP contribution in [0.2, 0.25) is 0 Å². The van der Waals surface area contributed by atoms with Crippen LogP contribution in [0.1, 0.15) is 25.3 Å². The van der Waals surface area contributed by atoms with E-state index in [0.717, 1.165) is 36.5 Å². The summed E-state index contributed by atoms with van der Waals surface area (Å²) >= 11 is 1.60. The number of benzene rings is 1. The monoisotopic (exact) mass is 351 g/mol. The number of aryl methyl sites for hydroxylation is 1. The van der Waals surface area contributed by atoms with Gasteiger partial charge in [0.2, 0.25) is 10.0 Å². The van der Waals surface area contributed by atoms with E-state index in [1.54, 1.807) is 29.7 Å². The molecule has 1 unspecified atom stereocenters. The minimum Gasteiger partial charge on any atom is -0.344 e. The zero-order chi connectivity index (χ0) is 16.3. The van der Waals surface area contributed by atoms with Gasteiger partial charge in [0, 0.05) is 30.7 Å². The molecular formula is C16H21N3O2S2. The number of nitrogens with one attached hydrogen (secondary N) is 1. The average Bonchev–Trinajstić information content (AvgIpc) is 3.24. The molecule has 0 spiro atoms. The van der Waals surface area contributed by atoms with Crippen molar-refractivity contribution in [2.45, 2.75) is 37.1 Å². The summed E-state index contributed by atoms with van der Waals surface area (Å²) in [6.07, 6.45) is 4.74. The average molecular weight is 351 g/mol. The van der Waals surface area contributed by atoms with Crippen molar-refractivity contribution in [1.82, 2.24) is 9.71 Å². The van der Waals surface area contributed by atoms with Crippen LogP contribution in [0.3, 0.4) is 0 Å². The number of aromatic nitrogens is 1. The van der Waals surface area contributed by atoms with Crippen molar-refractivity contribution >= 4 is 26.5 Å². The van der Waals surface area contributed by atoms with Gasteiger partial charge in [0.1, 0.15) is 0 Å². The molecule has 2 aromatic rings. The largest absolute Gasteiger partial charge is 0.344 e. The molecule has 1 aliphatic heterocycles. The molecule has 1 saturated heterocycles. The molecule has 1 atom stereocenters. The number of sulfonamides is 1. The van der Waals surface area contributed by atoms with Crippen LogP contribution >= 0.6 is 11.3 Å². The molecule has 5 nitrogen and oxygen atoms in total. The van der Waals surface area contributed by atoms with E-state index in [4.69, 9.17) is 0 Å². The quantitative estimate of drug-likeness (QED) is 0.869. The molecule has 3 rings (SSSR count). The maximum absolute atomic E-state index is 12.4. The summed E-state index contributed by atoms with van der Waals surface area (Å²) in [6, 6.07) is 7.26. The van der Waals surface area contributed by atoms with Crippen molar-refractivity contribution in [3.05, 3.63) is 41.4 Å². The smallest absolute Gasteiger partial charge is 0.240 e. The fourth-order valence-electron chi connectivity index (χ4n) is 2.85. The Hall–Kier alpha value is -1.44. The molecule has 0 bridgehead atoms. The fraction of sp³-hybridized carbons (Fsp3) is 0.438. The minimum atomic E-state index is -3.46. The molecule has 23 heavy (non-hydrogen) atoms. The lowest BCUT2D eigenvalue weighted by molar-refractivity contribution is 0.567. The Morgan fingerprint density at radius 2 is 2.13 bits per heavy atom. The highest BCUT2D eigenvalue weighted by Gasteiger charge is 2.27. The molecule has 1 aromatic heterocycles. The Morgan fingerprint density at radius 3 is 2.78 bits per heavy atom. The summed E-state index contributed by atoms with van der Waals surface area (Å²) in [5.41, 5.74) is 1.13. The molecule has 7 heteroatoms. The zero-order valence-electron chi connectivity index (χ0n) is 13.1. The van der Waals surface area contributed by atoms with Gasteiger partial charge in [-0.2, -0.15) is 0 Å². The third-order valence-corrected chi connectivity index (χ3v) is 6.44. The van der Waals surface area contributed by atoms with Gasteiger partial charge in [-0.25, -0.2) is 18.1 Å². The van der Waals surface area contributed by atoms with E-state index in [-0.39, 0.29) is 6.04 Å². The highest BCUT2D eigenvalue weighted by Crippen LogP contribution is 2.27. The normalized spacial score (nSPS) is 18.5. The van der Waals surface area contributed by atoms with Crippen LogP contribution in [-0.4, -0.2) is 32.5 Å². The molecule has 0 amide bonds. The summed E-state index contributed by atoms with van der Waals surface area (Å²) in [4.78, 5) is 6.87. The molecule has 0 saturated carbocycles. The summed E-state index contributed by atoms with van der Waals surface area (Å²) in [7, 11) is -3.46. The lowest BCUT2D eigenvalue weighted by atomic mass is 10.2. The number of thiazole rings is 1. The standard InChI is InChI=1S/C16H21N3O2S2/c1-2-13-5-7-15(8-6-13)23(20,21)18-12-14-4-3-10-19(14)16-17-9-11-22-16/h5-9,11,14,18H,2-4,10,12H2,1H3. The Labute approximate surface area is 141 Å². The van der Waals surface area contributed by atoms with Crippen molar-refractivity contribution in [1.29, 1.82) is 0 Å². The van der Waals surface area contributed by atoms with Crippen LogP contribution in [-0.2, 0) is 16.4 Å². The number of nitrogens with zero attached hydrogens (tertiary/aromatic N) is 2. The zero-order valence-corrected chi connectivity index (χ0v) is 14.7. The van der Waals surface area contributed by atoms with E-state index in [1.807, 2.05) is 17.5 Å². The van der Waals surface area contributed by atoms with Gasteiger partial charge in [0.15, 0.2) is 5.13 Å². The van der Waals surface area contributed by atoms with Crippen molar-refractivity contribution in [2.24, 2.45) is 0 Å². The number of hydrogen-bond donors (Lipinski definition) is 1. The van der Waals surface area contributed by atoms with Gasteiger partial charge in [-0.15, -0.1) is 11.3 Å². The second-order valence-electron chi connectivity index (χ2n) is 5.65. The number of anilines is 1. The third kappa shape index (κ3) is 3.73. The first-order valence-electron chi connectivity index (χ1n) is 7.85. The Kier molecular flexibility index (Phi) is 4.99. The maximum atomic E-state index is 12.4. The first-order valence-corrected chi connectivity index (χ1v) is 10.2. The van der Waals surface area contributed by atoms with E-state index in [2.05, 4.69) is 21.5 Å². The Balaban J connectivity index is 1.66. The topological polar surface area (TPSA) is 62.3 Å². The van der Waals surface area contributed by atoms with Gasteiger partial charge in [-0.05, 0) is 37.0 Å². The van der Waals surface area contributed by atoms with Crippen LogP contribution < -0.4 is 9.62 Å². The van der Waals surface area contributed by atoms with Crippen LogP contribution in [0.5, 0.6) is 0 Å². The summed E-state index contributed by atoms with van der Waals surface area (Å²) in [5.74, 6) is 0. The molecule has 1 fully saturated rings. The van der Waals surface area contributed by atoms with Crippen molar-refractivity contribution in [3.63, 3.8) is 0 Å². The summed E-state index contributed by atoms with van der Waals surface area (Å²) in [5, 5.41) is 2.92. The lowest BCUT2D eigenvalue weighted by Crippen LogP contribution is -2.40. The molecule has 0 radical (unpaired) electrons. The van der Waals surface area contributed by atoms with E-state index in [1.165, 1.54) is 0 Å². The molecule has 124 valence electrons. The first-order chi connectivity index (χ1) is 11.1. The molecule has 1 aromatic carbocycles. The van der Waals surface area contributed by atoms with Crippen LogP contribution in [0.25, 0.3) is 0 Å². The van der Waals surface area contributed by atoms with Crippen molar-refractivity contribution < 1.29 is 8.42 Å². The lowest BCUT2D eigenvalue weighted by Gasteiger charge is -2.24. The highest BCUT2D eigenvalue weighted by molar-refractivity contribution is 7.89. The number of hydrogen-bond acceptors (Lipinski definition) is 5. The second-order valence-corrected chi connectivity index (χ2v) is 8.29. The SMILES string of the molecule is CCc1ccc(S(=O)(=O)NCC2CCCN2c2nccs2)cc1. The van der Waals surface area contributed by atoms with Gasteiger partial charge in [-0.1, -0.05) is 19.1 Å². The van der Waals surface area contributed by atoms with Gasteiger partial charge in [-0.3, -0.25) is 0 Å². The molecule has 1 N–H and O–H groups in total. The molecule has 1 aliphatic rings. The van der Waals surface area contributed by atoms with Crippen molar-refractivity contribution in [3.8, 4) is 0 Å². The van der Waals surface area contributed by atoms with Gasteiger partial charge in [0.05, 0.1) is 4.90 Å². The fourth-order valence-corrected chi connectivity index (χ4v) is 4.66. The van der Waals surface area contributed by atoms with Crippen LogP contribution in [0, 0.1) is 0 Å². The maximum Gasteiger partial charge on any atom is 0.240 e. The van der Waals surface area contributed by atoms with Gasteiger partial charge >= 0.3 is 0 Å². The van der Waals surface area contributed by atoms with E-state index >= 15 is 0 Å².